The third-order valence-corrected chi connectivity index (χ3v) is 3.16. The molecule has 5 heteroatoms. The molecule has 0 heterocycles. The van der Waals surface area contributed by atoms with Gasteiger partial charge in [0.05, 0.1) is 5.56 Å². The van der Waals surface area contributed by atoms with Gasteiger partial charge in [0.1, 0.15) is 0 Å². The number of primary amides is 1. The molecule has 2 nitrogen and oxygen atoms in total. The quantitative estimate of drug-likeness (QED) is 0.840. The highest BCUT2D eigenvalue weighted by molar-refractivity contribution is 5.77. The van der Waals surface area contributed by atoms with Crippen LogP contribution in [0.4, 0.5) is 13.2 Å². The van der Waals surface area contributed by atoms with Gasteiger partial charge in [-0.15, -0.1) is 5.73 Å². The molecule has 0 saturated heterocycles. The van der Waals surface area contributed by atoms with E-state index in [1.54, 1.807) is 13.0 Å². The highest BCUT2D eigenvalue weighted by Crippen LogP contribution is 2.35. The van der Waals surface area contributed by atoms with E-state index in [9.17, 15) is 18.0 Å². The van der Waals surface area contributed by atoms with Crippen molar-refractivity contribution in [1.82, 2.24) is 0 Å². The minimum atomic E-state index is -4.42. The standard InChI is InChI=1S/C15H16F3NO/c1-4-11(5-6-14(19)20)12-7-9(2)10(3)13(8-12)15(16,17)18/h7-8H,1,5-6H2,2-3H3,(H2,19,20). The maximum absolute atomic E-state index is 13.0. The number of carbonyl (C=O) groups is 1. The molecule has 108 valence electrons. The van der Waals surface area contributed by atoms with Crippen molar-refractivity contribution in [2.75, 3.05) is 0 Å². The summed E-state index contributed by atoms with van der Waals surface area (Å²) in [5.74, 6) is -0.516. The lowest BCUT2D eigenvalue weighted by molar-refractivity contribution is -0.138. The summed E-state index contributed by atoms with van der Waals surface area (Å²) >= 11 is 0. The van der Waals surface area contributed by atoms with Gasteiger partial charge in [-0.3, -0.25) is 4.79 Å². The molecule has 0 aliphatic carbocycles. The average Bonchev–Trinajstić information content (AvgIpc) is 2.32. The van der Waals surface area contributed by atoms with E-state index < -0.39 is 17.6 Å². The van der Waals surface area contributed by atoms with Crippen molar-refractivity contribution in [3.63, 3.8) is 0 Å². The maximum atomic E-state index is 13.0. The molecule has 0 aliphatic rings. The number of benzene rings is 1. The summed E-state index contributed by atoms with van der Waals surface area (Å²) in [4.78, 5) is 10.8. The Bertz CT molecular complexity index is 582. The van der Waals surface area contributed by atoms with Crippen LogP contribution in [0, 0.1) is 13.8 Å². The summed E-state index contributed by atoms with van der Waals surface area (Å²) in [5, 5.41) is 0. The smallest absolute Gasteiger partial charge is 0.370 e. The zero-order chi connectivity index (χ0) is 15.5. The first-order valence-electron chi connectivity index (χ1n) is 6.03. The van der Waals surface area contributed by atoms with Gasteiger partial charge in [-0.25, -0.2) is 0 Å². The normalized spacial score (nSPS) is 11.1. The molecule has 1 amide bonds. The van der Waals surface area contributed by atoms with E-state index in [2.05, 4.69) is 12.3 Å². The fourth-order valence-electron chi connectivity index (χ4n) is 1.91. The van der Waals surface area contributed by atoms with Crippen molar-refractivity contribution in [3.05, 3.63) is 46.7 Å². The second-order valence-electron chi connectivity index (χ2n) is 4.59. The summed E-state index contributed by atoms with van der Waals surface area (Å²) in [7, 11) is 0. The fourth-order valence-corrected chi connectivity index (χ4v) is 1.91. The molecule has 0 radical (unpaired) electrons. The predicted octanol–water partition coefficient (Wildman–Crippen LogP) is 3.76. The lowest BCUT2D eigenvalue weighted by atomic mass is 9.93. The number of alkyl halides is 3. The van der Waals surface area contributed by atoms with Gasteiger partial charge >= 0.3 is 6.18 Å². The van der Waals surface area contributed by atoms with Crippen molar-refractivity contribution in [1.29, 1.82) is 0 Å². The monoisotopic (exact) mass is 283 g/mol. The molecule has 1 rings (SSSR count). The number of hydrogen-bond acceptors (Lipinski definition) is 1. The first-order valence-corrected chi connectivity index (χ1v) is 6.03. The van der Waals surface area contributed by atoms with Crippen molar-refractivity contribution in [2.45, 2.75) is 32.9 Å². The lowest BCUT2D eigenvalue weighted by Crippen LogP contribution is -2.11. The molecular formula is C15H16F3NO. The van der Waals surface area contributed by atoms with Gasteiger partial charge < -0.3 is 5.73 Å². The topological polar surface area (TPSA) is 43.1 Å². The first-order chi connectivity index (χ1) is 9.16. The average molecular weight is 283 g/mol. The molecule has 0 bridgehead atoms. The number of aryl methyl sites for hydroxylation is 1. The van der Waals surface area contributed by atoms with E-state index in [-0.39, 0.29) is 18.4 Å². The second-order valence-corrected chi connectivity index (χ2v) is 4.59. The molecule has 20 heavy (non-hydrogen) atoms. The third kappa shape index (κ3) is 3.75. The minimum absolute atomic E-state index is 0.0477. The van der Waals surface area contributed by atoms with E-state index in [1.807, 2.05) is 0 Å². The molecule has 0 spiro atoms. The van der Waals surface area contributed by atoms with Crippen LogP contribution in [0.5, 0.6) is 0 Å². The van der Waals surface area contributed by atoms with Gasteiger partial charge in [-0.05, 0) is 43.0 Å². The molecule has 1 aromatic carbocycles. The number of allylic oxidation sites excluding steroid dienone is 1. The van der Waals surface area contributed by atoms with E-state index in [4.69, 9.17) is 5.73 Å². The molecule has 0 atom stereocenters. The minimum Gasteiger partial charge on any atom is -0.370 e. The van der Waals surface area contributed by atoms with E-state index in [1.165, 1.54) is 6.92 Å². The second kappa shape index (κ2) is 5.97. The Hall–Kier alpha value is -2.00. The SMILES string of the molecule is C=C=C(CCC(N)=O)c1cc(C)c(C)c(C(F)(F)F)c1. The molecular weight excluding hydrogens is 267 g/mol. The van der Waals surface area contributed by atoms with Gasteiger partial charge in [-0.2, -0.15) is 13.2 Å². The summed E-state index contributed by atoms with van der Waals surface area (Å²) < 4.78 is 38.9. The Kier molecular flexibility index (Phi) is 4.79. The Morgan fingerprint density at radius 1 is 1.30 bits per heavy atom. The van der Waals surface area contributed by atoms with Crippen LogP contribution in [0.2, 0.25) is 0 Å². The summed E-state index contributed by atoms with van der Waals surface area (Å²) in [6, 6.07) is 2.70. The van der Waals surface area contributed by atoms with Gasteiger partial charge in [0.15, 0.2) is 0 Å². The van der Waals surface area contributed by atoms with Crippen LogP contribution in [0.15, 0.2) is 24.4 Å². The van der Waals surface area contributed by atoms with Crippen molar-refractivity contribution in [2.24, 2.45) is 5.73 Å². The van der Waals surface area contributed by atoms with Crippen molar-refractivity contribution < 1.29 is 18.0 Å². The van der Waals surface area contributed by atoms with Crippen LogP contribution in [-0.2, 0) is 11.0 Å². The molecule has 0 fully saturated rings. The van der Waals surface area contributed by atoms with E-state index in [0.717, 1.165) is 6.07 Å². The van der Waals surface area contributed by atoms with Crippen LogP contribution < -0.4 is 5.73 Å². The Morgan fingerprint density at radius 2 is 1.90 bits per heavy atom. The Morgan fingerprint density at radius 3 is 2.35 bits per heavy atom. The van der Waals surface area contributed by atoms with Crippen LogP contribution in [0.3, 0.4) is 0 Å². The molecule has 0 unspecified atom stereocenters. The highest BCUT2D eigenvalue weighted by atomic mass is 19.4. The Balaban J connectivity index is 3.29. The number of hydrogen-bond donors (Lipinski definition) is 1. The van der Waals surface area contributed by atoms with Gasteiger partial charge in [0, 0.05) is 12.0 Å². The van der Waals surface area contributed by atoms with Gasteiger partial charge in [0.2, 0.25) is 5.91 Å². The fraction of sp³-hybridized carbons (Fsp3) is 0.333. The van der Waals surface area contributed by atoms with Crippen LogP contribution in [-0.4, -0.2) is 5.91 Å². The molecule has 0 aliphatic heterocycles. The summed E-state index contributed by atoms with van der Waals surface area (Å²) in [6.45, 7) is 6.51. The van der Waals surface area contributed by atoms with Crippen molar-refractivity contribution >= 4 is 11.5 Å². The summed E-state index contributed by atoms with van der Waals surface area (Å²) in [6.07, 6.45) is -4.15. The Labute approximate surface area is 115 Å². The molecule has 1 aromatic rings. The molecule has 2 N–H and O–H groups in total. The lowest BCUT2D eigenvalue weighted by Gasteiger charge is -2.15. The van der Waals surface area contributed by atoms with Gasteiger partial charge in [0.25, 0.3) is 0 Å². The number of rotatable bonds is 4. The summed E-state index contributed by atoms with van der Waals surface area (Å²) in [5.41, 5.74) is 8.51. The van der Waals surface area contributed by atoms with Crippen LogP contribution in [0.25, 0.3) is 5.57 Å². The third-order valence-electron chi connectivity index (χ3n) is 3.16. The van der Waals surface area contributed by atoms with E-state index in [0.29, 0.717) is 16.7 Å². The van der Waals surface area contributed by atoms with Crippen LogP contribution >= 0.6 is 0 Å². The predicted molar refractivity (Wildman–Crippen MR) is 71.9 cm³/mol. The zero-order valence-corrected chi connectivity index (χ0v) is 11.4. The zero-order valence-electron chi connectivity index (χ0n) is 11.4. The van der Waals surface area contributed by atoms with Gasteiger partial charge in [-0.1, -0.05) is 12.6 Å². The highest BCUT2D eigenvalue weighted by Gasteiger charge is 2.33. The first kappa shape index (κ1) is 16.1. The van der Waals surface area contributed by atoms with Crippen molar-refractivity contribution in [3.8, 4) is 0 Å². The molecule has 0 saturated carbocycles. The number of amides is 1. The number of carbonyl (C=O) groups excluding carboxylic acids is 1. The maximum Gasteiger partial charge on any atom is 0.416 e. The number of nitrogens with two attached hydrogens (primary N) is 1. The van der Waals surface area contributed by atoms with E-state index >= 15 is 0 Å². The van der Waals surface area contributed by atoms with Crippen LogP contribution in [0.1, 0.15) is 35.1 Å². The largest absolute Gasteiger partial charge is 0.416 e. The molecule has 0 aromatic heterocycles. The number of halogens is 3.